The van der Waals surface area contributed by atoms with E-state index in [-0.39, 0.29) is 36.8 Å². The Bertz CT molecular complexity index is 944. The number of amidine groups is 1. The molecule has 4 rings (SSSR count). The lowest BCUT2D eigenvalue weighted by atomic mass is 9.98. The minimum absolute atomic E-state index is 0.0120. The maximum atomic E-state index is 13.8. The number of alkyl halides is 7. The average molecular weight is 466 g/mol. The zero-order valence-corrected chi connectivity index (χ0v) is 16.7. The molecule has 6 nitrogen and oxygen atoms in total. The molecule has 32 heavy (non-hydrogen) atoms. The van der Waals surface area contributed by atoms with E-state index >= 15 is 0 Å². The van der Waals surface area contributed by atoms with E-state index in [2.05, 4.69) is 25.6 Å². The Balaban J connectivity index is 1.70. The van der Waals surface area contributed by atoms with Crippen molar-refractivity contribution in [2.45, 2.75) is 68.4 Å². The molecule has 3 unspecified atom stereocenters. The minimum Gasteiger partial charge on any atom is -0.319 e. The van der Waals surface area contributed by atoms with Gasteiger partial charge in [-0.1, -0.05) is 6.07 Å². The van der Waals surface area contributed by atoms with Crippen LogP contribution in [0.1, 0.15) is 49.9 Å². The summed E-state index contributed by atoms with van der Waals surface area (Å²) in [7, 11) is 0. The number of pyridine rings is 1. The Kier molecular flexibility index (Phi) is 5.37. The van der Waals surface area contributed by atoms with Crippen molar-refractivity contribution >= 4 is 11.8 Å². The Morgan fingerprint density at radius 3 is 2.31 bits per heavy atom. The normalized spacial score (nSPS) is 33.0. The van der Waals surface area contributed by atoms with Crippen molar-refractivity contribution in [3.63, 3.8) is 0 Å². The zero-order chi connectivity index (χ0) is 23.4. The maximum absolute atomic E-state index is 13.8. The van der Waals surface area contributed by atoms with Gasteiger partial charge in [-0.25, -0.2) is 32.5 Å². The minimum atomic E-state index is -4.72. The van der Waals surface area contributed by atoms with E-state index in [1.54, 1.807) is 0 Å². The molecule has 0 spiro atoms. The first-order valence-electron chi connectivity index (χ1n) is 10.1. The average Bonchev–Trinajstić information content (AvgIpc) is 3.22. The molecule has 3 aliphatic rings. The van der Waals surface area contributed by atoms with Gasteiger partial charge in [-0.2, -0.15) is 13.2 Å². The molecule has 2 saturated carbocycles. The highest BCUT2D eigenvalue weighted by Gasteiger charge is 2.50. The number of rotatable bonds is 3. The van der Waals surface area contributed by atoms with Gasteiger partial charge in [0.2, 0.25) is 11.8 Å². The first-order valence-corrected chi connectivity index (χ1v) is 10.1. The lowest BCUT2D eigenvalue weighted by Crippen LogP contribution is -2.66. The van der Waals surface area contributed by atoms with Crippen LogP contribution in [0.2, 0.25) is 0 Å². The molecule has 176 valence electrons. The quantitative estimate of drug-likeness (QED) is 0.594. The second-order valence-electron chi connectivity index (χ2n) is 8.47. The van der Waals surface area contributed by atoms with Crippen molar-refractivity contribution < 1.29 is 30.7 Å². The molecular formula is C19H21F7N6. The molecule has 3 atom stereocenters. The Hall–Kier alpha value is -2.44. The van der Waals surface area contributed by atoms with E-state index in [9.17, 15) is 30.7 Å². The van der Waals surface area contributed by atoms with Crippen molar-refractivity contribution in [3.8, 4) is 0 Å². The van der Waals surface area contributed by atoms with Gasteiger partial charge in [0.1, 0.15) is 11.4 Å². The summed E-state index contributed by atoms with van der Waals surface area (Å²) < 4.78 is 94.1. The van der Waals surface area contributed by atoms with E-state index in [0.29, 0.717) is 0 Å². The molecule has 1 aromatic rings. The van der Waals surface area contributed by atoms with Crippen LogP contribution < -0.4 is 16.4 Å². The van der Waals surface area contributed by atoms with Crippen LogP contribution in [-0.4, -0.2) is 40.5 Å². The lowest BCUT2D eigenvalue weighted by molar-refractivity contribution is -0.141. The first-order chi connectivity index (χ1) is 14.7. The third kappa shape index (κ3) is 4.81. The van der Waals surface area contributed by atoms with Crippen molar-refractivity contribution in [1.29, 1.82) is 0 Å². The van der Waals surface area contributed by atoms with Gasteiger partial charge < -0.3 is 10.6 Å². The van der Waals surface area contributed by atoms with Crippen LogP contribution >= 0.6 is 0 Å². The number of aliphatic imine (C=N–C) groups is 2. The topological polar surface area (TPSA) is 87.7 Å². The predicted molar refractivity (Wildman–Crippen MR) is 101 cm³/mol. The highest BCUT2D eigenvalue weighted by Crippen LogP contribution is 2.43. The molecule has 2 heterocycles. The largest absolute Gasteiger partial charge is 0.433 e. The van der Waals surface area contributed by atoms with Gasteiger partial charge in [-0.15, -0.1) is 0 Å². The third-order valence-corrected chi connectivity index (χ3v) is 5.85. The maximum Gasteiger partial charge on any atom is 0.433 e. The van der Waals surface area contributed by atoms with Crippen molar-refractivity contribution in [2.75, 3.05) is 0 Å². The van der Waals surface area contributed by atoms with Crippen LogP contribution in [0.4, 0.5) is 30.7 Å². The predicted octanol–water partition coefficient (Wildman–Crippen LogP) is 3.63. The fourth-order valence-corrected chi connectivity index (χ4v) is 4.22. The van der Waals surface area contributed by atoms with Gasteiger partial charge in [0.15, 0.2) is 17.6 Å². The number of guanidine groups is 1. The smallest absolute Gasteiger partial charge is 0.319 e. The van der Waals surface area contributed by atoms with Crippen LogP contribution in [-0.2, 0) is 6.18 Å². The Labute approximate surface area is 178 Å². The molecule has 2 aliphatic carbocycles. The molecule has 4 N–H and O–H groups in total. The number of nitrogens with two attached hydrogens (primary N) is 1. The molecule has 13 heteroatoms. The fourth-order valence-electron chi connectivity index (χ4n) is 4.22. The van der Waals surface area contributed by atoms with Crippen LogP contribution in [0.15, 0.2) is 28.2 Å². The number of halogens is 7. The van der Waals surface area contributed by atoms with E-state index in [0.717, 1.165) is 12.1 Å². The second kappa shape index (κ2) is 7.56. The van der Waals surface area contributed by atoms with Gasteiger partial charge >= 0.3 is 6.18 Å². The summed E-state index contributed by atoms with van der Waals surface area (Å²) in [6.45, 7) is 0. The SMILES string of the molecule is NC1(C2CCC(F)(F)C2)N=C(c2cccc(C(F)(F)F)n2)NC(=NC2CCC(F)(F)C2)N1. The van der Waals surface area contributed by atoms with E-state index in [1.807, 2.05) is 0 Å². The molecule has 0 amide bonds. The number of hydrogen-bond donors (Lipinski definition) is 3. The molecular weight excluding hydrogens is 445 g/mol. The van der Waals surface area contributed by atoms with E-state index in [1.165, 1.54) is 6.07 Å². The summed E-state index contributed by atoms with van der Waals surface area (Å²) in [6, 6.07) is 2.36. The number of aromatic nitrogens is 1. The standard InChI is InChI=1S/C19H21F7N6/c20-16(21)6-4-10(8-16)19(27)31-14(12-2-1-3-13(29-12)18(24,25)26)30-15(32-19)28-11-5-7-17(22,23)9-11/h1-3,10-11H,4-9,27H2,(H2,28,30,31,32). The monoisotopic (exact) mass is 466 g/mol. The van der Waals surface area contributed by atoms with Crippen LogP contribution in [0, 0.1) is 5.92 Å². The summed E-state index contributed by atoms with van der Waals surface area (Å²) >= 11 is 0. The van der Waals surface area contributed by atoms with Gasteiger partial charge in [0.05, 0.1) is 6.04 Å². The number of nitrogens with zero attached hydrogens (tertiary/aromatic N) is 3. The molecule has 2 fully saturated rings. The summed E-state index contributed by atoms with van der Waals surface area (Å²) in [5.74, 6) is -8.85. The van der Waals surface area contributed by atoms with Crippen LogP contribution in [0.5, 0.6) is 0 Å². The first kappa shape index (κ1) is 22.7. The van der Waals surface area contributed by atoms with Crippen molar-refractivity contribution in [2.24, 2.45) is 21.6 Å². The molecule has 0 radical (unpaired) electrons. The highest BCUT2D eigenvalue weighted by molar-refractivity contribution is 6.09. The van der Waals surface area contributed by atoms with E-state index < -0.39 is 60.7 Å². The number of nitrogens with one attached hydrogen (secondary N) is 2. The molecule has 0 bridgehead atoms. The van der Waals surface area contributed by atoms with E-state index in [4.69, 9.17) is 5.73 Å². The molecule has 1 aliphatic heterocycles. The summed E-state index contributed by atoms with van der Waals surface area (Å²) in [5.41, 5.74) is 4.89. The fraction of sp³-hybridized carbons (Fsp3) is 0.632. The van der Waals surface area contributed by atoms with Crippen molar-refractivity contribution in [3.05, 3.63) is 29.6 Å². The number of hydrogen-bond acceptors (Lipinski definition) is 4. The molecule has 1 aromatic heterocycles. The van der Waals surface area contributed by atoms with Crippen molar-refractivity contribution in [1.82, 2.24) is 15.6 Å². The second-order valence-corrected chi connectivity index (χ2v) is 8.47. The molecule has 0 aromatic carbocycles. The Morgan fingerprint density at radius 2 is 1.72 bits per heavy atom. The molecule has 0 saturated heterocycles. The Morgan fingerprint density at radius 1 is 1.03 bits per heavy atom. The van der Waals surface area contributed by atoms with Gasteiger partial charge in [0.25, 0.3) is 0 Å². The zero-order valence-electron chi connectivity index (χ0n) is 16.7. The van der Waals surface area contributed by atoms with Gasteiger partial charge in [0, 0.05) is 31.6 Å². The van der Waals surface area contributed by atoms with Crippen LogP contribution in [0.25, 0.3) is 0 Å². The highest BCUT2D eigenvalue weighted by atomic mass is 19.4. The summed E-state index contributed by atoms with van der Waals surface area (Å²) in [4.78, 5) is 11.9. The summed E-state index contributed by atoms with van der Waals surface area (Å²) in [6.07, 6.45) is -6.48. The van der Waals surface area contributed by atoms with Crippen LogP contribution in [0.3, 0.4) is 0 Å². The lowest BCUT2D eigenvalue weighted by Gasteiger charge is -2.38. The van der Waals surface area contributed by atoms with Gasteiger partial charge in [-0.05, 0) is 25.0 Å². The third-order valence-electron chi connectivity index (χ3n) is 5.85. The summed E-state index contributed by atoms with van der Waals surface area (Å²) in [5, 5.41) is 5.36. The van der Waals surface area contributed by atoms with Gasteiger partial charge in [-0.3, -0.25) is 5.73 Å².